The molecule has 0 atom stereocenters. The molecule has 0 aromatic heterocycles. The highest BCUT2D eigenvalue weighted by Crippen LogP contribution is 2.17. The fraction of sp³-hybridized carbons (Fsp3) is 0.176. The number of benzene rings is 2. The van der Waals surface area contributed by atoms with Crippen LogP contribution in [0, 0.1) is 5.82 Å². The number of methoxy groups -OCH3 is 1. The first-order chi connectivity index (χ1) is 11.5. The monoisotopic (exact) mass is 350 g/mol. The van der Waals surface area contributed by atoms with Gasteiger partial charge < -0.3 is 15.4 Å². The normalized spacial score (nSPS) is 10.1. The number of rotatable bonds is 5. The van der Waals surface area contributed by atoms with E-state index in [1.807, 2.05) is 24.3 Å². The van der Waals surface area contributed by atoms with Crippen LogP contribution in [0.3, 0.4) is 0 Å². The van der Waals surface area contributed by atoms with Gasteiger partial charge in [0.25, 0.3) is 0 Å². The van der Waals surface area contributed by atoms with E-state index in [1.54, 1.807) is 7.11 Å². The maximum atomic E-state index is 13.2. The van der Waals surface area contributed by atoms with E-state index in [9.17, 15) is 14.0 Å². The van der Waals surface area contributed by atoms with Crippen LogP contribution in [0.5, 0.6) is 5.75 Å². The Kier molecular flexibility index (Phi) is 6.14. The molecule has 0 radical (unpaired) electrons. The van der Waals surface area contributed by atoms with Crippen LogP contribution in [-0.4, -0.2) is 25.5 Å². The highest BCUT2D eigenvalue weighted by atomic mass is 35.5. The van der Waals surface area contributed by atoms with Gasteiger partial charge in [-0.15, -0.1) is 0 Å². The molecule has 2 aromatic rings. The molecule has 0 spiro atoms. The zero-order valence-corrected chi connectivity index (χ0v) is 13.7. The molecule has 126 valence electrons. The van der Waals surface area contributed by atoms with Gasteiger partial charge >= 0.3 is 11.8 Å². The van der Waals surface area contributed by atoms with Crippen molar-refractivity contribution in [3.63, 3.8) is 0 Å². The molecule has 2 N–H and O–H groups in total. The molecule has 0 fully saturated rings. The molecule has 0 saturated heterocycles. The molecular weight excluding hydrogens is 335 g/mol. The van der Waals surface area contributed by atoms with Gasteiger partial charge in [-0.1, -0.05) is 23.7 Å². The summed E-state index contributed by atoms with van der Waals surface area (Å²) in [6.07, 6.45) is 0.564. The Balaban J connectivity index is 1.81. The van der Waals surface area contributed by atoms with Gasteiger partial charge in [0, 0.05) is 17.3 Å². The number of carbonyl (C=O) groups excluding carboxylic acids is 2. The van der Waals surface area contributed by atoms with Crippen LogP contribution in [0.15, 0.2) is 42.5 Å². The second kappa shape index (κ2) is 8.31. The van der Waals surface area contributed by atoms with Crippen LogP contribution in [0.25, 0.3) is 0 Å². The molecule has 0 saturated carbocycles. The zero-order chi connectivity index (χ0) is 17.5. The average Bonchev–Trinajstić information content (AvgIpc) is 2.54. The van der Waals surface area contributed by atoms with Gasteiger partial charge in [0.15, 0.2) is 0 Å². The summed E-state index contributed by atoms with van der Waals surface area (Å²) >= 11 is 5.69. The molecule has 0 aliphatic heterocycles. The number of hydrogen-bond acceptors (Lipinski definition) is 3. The van der Waals surface area contributed by atoms with Gasteiger partial charge in [-0.3, -0.25) is 9.59 Å². The quantitative estimate of drug-likeness (QED) is 0.815. The molecular formula is C17H16ClFN2O3. The lowest BCUT2D eigenvalue weighted by molar-refractivity contribution is -0.136. The van der Waals surface area contributed by atoms with Crippen LogP contribution in [-0.2, 0) is 16.0 Å². The molecule has 0 heterocycles. The molecule has 2 amide bonds. The molecule has 7 heteroatoms. The van der Waals surface area contributed by atoms with Crippen LogP contribution < -0.4 is 15.4 Å². The lowest BCUT2D eigenvalue weighted by Crippen LogP contribution is -2.36. The predicted octanol–water partition coefficient (Wildman–Crippen LogP) is 2.79. The Morgan fingerprint density at radius 1 is 1.12 bits per heavy atom. The van der Waals surface area contributed by atoms with Crippen molar-refractivity contribution in [3.8, 4) is 5.75 Å². The minimum Gasteiger partial charge on any atom is -0.497 e. The molecule has 2 rings (SSSR count). The number of anilines is 1. The number of amides is 2. The summed E-state index contributed by atoms with van der Waals surface area (Å²) in [7, 11) is 1.58. The Labute approximate surface area is 143 Å². The lowest BCUT2D eigenvalue weighted by Gasteiger charge is -2.07. The predicted molar refractivity (Wildman–Crippen MR) is 89.7 cm³/mol. The fourth-order valence-electron chi connectivity index (χ4n) is 2.01. The number of carbonyl (C=O) groups is 2. The van der Waals surface area contributed by atoms with Crippen molar-refractivity contribution >= 4 is 29.1 Å². The fourth-order valence-corrected chi connectivity index (χ4v) is 2.23. The van der Waals surface area contributed by atoms with E-state index < -0.39 is 17.6 Å². The van der Waals surface area contributed by atoms with Crippen LogP contribution in [0.4, 0.5) is 10.1 Å². The first-order valence-electron chi connectivity index (χ1n) is 7.16. The SMILES string of the molecule is COc1ccc(CCNC(=O)C(=O)Nc2cc(F)cc(Cl)c2)cc1. The van der Waals surface area contributed by atoms with Gasteiger partial charge in [0.05, 0.1) is 7.11 Å². The van der Waals surface area contributed by atoms with Crippen molar-refractivity contribution in [2.45, 2.75) is 6.42 Å². The third-order valence-corrected chi connectivity index (χ3v) is 3.40. The van der Waals surface area contributed by atoms with Gasteiger partial charge in [-0.05, 0) is 42.3 Å². The number of ether oxygens (including phenoxy) is 1. The van der Waals surface area contributed by atoms with Crippen molar-refractivity contribution in [2.24, 2.45) is 0 Å². The zero-order valence-electron chi connectivity index (χ0n) is 12.9. The Bertz CT molecular complexity index is 715. The third kappa shape index (κ3) is 5.24. The van der Waals surface area contributed by atoms with Crippen molar-refractivity contribution in [2.75, 3.05) is 19.0 Å². The number of hydrogen-bond donors (Lipinski definition) is 2. The van der Waals surface area contributed by atoms with Crippen LogP contribution in [0.1, 0.15) is 5.56 Å². The maximum Gasteiger partial charge on any atom is 0.313 e. The molecule has 0 unspecified atom stereocenters. The van der Waals surface area contributed by atoms with E-state index in [1.165, 1.54) is 6.07 Å². The van der Waals surface area contributed by atoms with Crippen molar-refractivity contribution in [1.82, 2.24) is 5.32 Å². The summed E-state index contributed by atoms with van der Waals surface area (Å²) in [5.74, 6) is -1.54. The van der Waals surface area contributed by atoms with Crippen LogP contribution in [0.2, 0.25) is 5.02 Å². The third-order valence-electron chi connectivity index (χ3n) is 3.18. The minimum absolute atomic E-state index is 0.121. The number of nitrogens with one attached hydrogen (secondary N) is 2. The largest absolute Gasteiger partial charge is 0.497 e. The Morgan fingerprint density at radius 3 is 2.46 bits per heavy atom. The summed E-state index contributed by atoms with van der Waals surface area (Å²) in [4.78, 5) is 23.5. The Hall–Kier alpha value is -2.60. The molecule has 0 aliphatic rings. The van der Waals surface area contributed by atoms with Gasteiger partial charge in [0.2, 0.25) is 0 Å². The van der Waals surface area contributed by atoms with E-state index in [-0.39, 0.29) is 10.7 Å². The molecule has 0 aliphatic carbocycles. The average molecular weight is 351 g/mol. The van der Waals surface area contributed by atoms with E-state index in [0.717, 1.165) is 23.4 Å². The second-order valence-electron chi connectivity index (χ2n) is 4.97. The van der Waals surface area contributed by atoms with Crippen molar-refractivity contribution < 1.29 is 18.7 Å². The molecule has 24 heavy (non-hydrogen) atoms. The Morgan fingerprint density at radius 2 is 1.83 bits per heavy atom. The van der Waals surface area contributed by atoms with Crippen LogP contribution >= 0.6 is 11.6 Å². The maximum absolute atomic E-state index is 13.2. The van der Waals surface area contributed by atoms with E-state index in [4.69, 9.17) is 16.3 Å². The number of halogens is 2. The molecule has 5 nitrogen and oxygen atoms in total. The minimum atomic E-state index is -0.883. The smallest absolute Gasteiger partial charge is 0.313 e. The van der Waals surface area contributed by atoms with E-state index in [2.05, 4.69) is 10.6 Å². The first kappa shape index (κ1) is 17.7. The lowest BCUT2D eigenvalue weighted by atomic mass is 10.1. The van der Waals surface area contributed by atoms with Crippen molar-refractivity contribution in [1.29, 1.82) is 0 Å². The summed E-state index contributed by atoms with van der Waals surface area (Å²) in [6.45, 7) is 0.294. The summed E-state index contributed by atoms with van der Waals surface area (Å²) < 4.78 is 18.2. The summed E-state index contributed by atoms with van der Waals surface area (Å²) in [5, 5.41) is 4.92. The molecule has 2 aromatic carbocycles. The summed E-state index contributed by atoms with van der Waals surface area (Å²) in [5.41, 5.74) is 1.11. The van der Waals surface area contributed by atoms with E-state index >= 15 is 0 Å². The second-order valence-corrected chi connectivity index (χ2v) is 5.40. The van der Waals surface area contributed by atoms with E-state index in [0.29, 0.717) is 13.0 Å². The van der Waals surface area contributed by atoms with Gasteiger partial charge in [-0.25, -0.2) is 4.39 Å². The first-order valence-corrected chi connectivity index (χ1v) is 7.54. The summed E-state index contributed by atoms with van der Waals surface area (Å²) in [6, 6.07) is 10.9. The highest BCUT2D eigenvalue weighted by molar-refractivity contribution is 6.39. The highest BCUT2D eigenvalue weighted by Gasteiger charge is 2.13. The van der Waals surface area contributed by atoms with Gasteiger partial charge in [-0.2, -0.15) is 0 Å². The standard InChI is InChI=1S/C17H16ClFN2O3/c1-24-15-4-2-11(3-5-15)6-7-20-16(22)17(23)21-14-9-12(18)8-13(19)10-14/h2-5,8-10H,6-7H2,1H3,(H,20,22)(H,21,23). The topological polar surface area (TPSA) is 67.4 Å². The van der Waals surface area contributed by atoms with Crippen molar-refractivity contribution in [3.05, 3.63) is 58.9 Å². The molecule has 0 bridgehead atoms. The van der Waals surface area contributed by atoms with Gasteiger partial charge in [0.1, 0.15) is 11.6 Å².